The molecule has 1 aromatic carbocycles. The number of carbonyl (C=O) groups is 1. The number of nitrogens with one attached hydrogen (secondary N) is 2. The van der Waals surface area contributed by atoms with Crippen molar-refractivity contribution in [1.29, 1.82) is 0 Å². The Morgan fingerprint density at radius 1 is 1.32 bits per heavy atom. The van der Waals surface area contributed by atoms with Crippen LogP contribution in [-0.4, -0.2) is 67.3 Å². The van der Waals surface area contributed by atoms with E-state index in [-0.39, 0.29) is 6.03 Å². The van der Waals surface area contributed by atoms with Crippen molar-refractivity contribution in [2.75, 3.05) is 51.3 Å². The van der Waals surface area contributed by atoms with Gasteiger partial charge in [-0.05, 0) is 12.1 Å². The minimum absolute atomic E-state index is 0.0266. The molecule has 118 valence electrons. The summed E-state index contributed by atoms with van der Waals surface area (Å²) in [6, 6.07) is 7.96. The van der Waals surface area contributed by atoms with Gasteiger partial charge >= 0.3 is 6.03 Å². The summed E-state index contributed by atoms with van der Waals surface area (Å²) >= 11 is 0. The van der Waals surface area contributed by atoms with E-state index in [1.54, 1.807) is 7.11 Å². The Morgan fingerprint density at radius 2 is 2.09 bits per heavy atom. The number of fused-ring (bicyclic) bond motifs is 1. The zero-order valence-corrected chi connectivity index (χ0v) is 12.7. The number of amides is 2. The zero-order valence-electron chi connectivity index (χ0n) is 12.7. The average Bonchev–Trinajstić information content (AvgIpc) is 2.99. The summed E-state index contributed by atoms with van der Waals surface area (Å²) in [5.74, 6) is 0.876. The number of hydrogen-bond donors (Lipinski definition) is 2. The van der Waals surface area contributed by atoms with E-state index < -0.39 is 0 Å². The molecule has 0 saturated carbocycles. The molecule has 1 aromatic heterocycles. The van der Waals surface area contributed by atoms with Crippen LogP contribution in [0.3, 0.4) is 0 Å². The van der Waals surface area contributed by atoms with Crippen molar-refractivity contribution in [3.05, 3.63) is 24.3 Å². The summed E-state index contributed by atoms with van der Waals surface area (Å²) in [7, 11) is 1.62. The van der Waals surface area contributed by atoms with Crippen molar-refractivity contribution in [3.63, 3.8) is 0 Å². The third-order valence-corrected chi connectivity index (χ3v) is 3.83. The van der Waals surface area contributed by atoms with Gasteiger partial charge in [-0.1, -0.05) is 12.1 Å². The normalized spacial score (nSPS) is 15.3. The molecular formula is C15H21N5O2. The summed E-state index contributed by atoms with van der Waals surface area (Å²) in [6.45, 7) is 4.00. The molecule has 0 aliphatic carbocycles. The van der Waals surface area contributed by atoms with Gasteiger partial charge in [-0.3, -0.25) is 0 Å². The fourth-order valence-electron chi connectivity index (χ4n) is 2.58. The first-order valence-corrected chi connectivity index (χ1v) is 7.49. The molecule has 2 aromatic rings. The van der Waals surface area contributed by atoms with E-state index in [1.807, 2.05) is 29.2 Å². The number of hydrogen-bond acceptors (Lipinski definition) is 4. The van der Waals surface area contributed by atoms with Crippen molar-refractivity contribution in [3.8, 4) is 0 Å². The van der Waals surface area contributed by atoms with E-state index >= 15 is 0 Å². The van der Waals surface area contributed by atoms with Gasteiger partial charge in [-0.2, -0.15) is 0 Å². The quantitative estimate of drug-likeness (QED) is 0.828. The Morgan fingerprint density at radius 3 is 2.82 bits per heavy atom. The first-order valence-electron chi connectivity index (χ1n) is 7.49. The maximum absolute atomic E-state index is 12.0. The van der Waals surface area contributed by atoms with Gasteiger partial charge in [0, 0.05) is 39.8 Å². The molecule has 22 heavy (non-hydrogen) atoms. The van der Waals surface area contributed by atoms with Crippen LogP contribution in [0, 0.1) is 0 Å². The van der Waals surface area contributed by atoms with Gasteiger partial charge in [0.05, 0.1) is 17.6 Å². The lowest BCUT2D eigenvalue weighted by atomic mass is 10.3. The third-order valence-electron chi connectivity index (χ3n) is 3.83. The van der Waals surface area contributed by atoms with Crippen molar-refractivity contribution in [2.45, 2.75) is 0 Å². The van der Waals surface area contributed by atoms with E-state index in [9.17, 15) is 4.79 Å². The largest absolute Gasteiger partial charge is 0.383 e. The van der Waals surface area contributed by atoms with Crippen LogP contribution in [0.4, 0.5) is 10.7 Å². The maximum Gasteiger partial charge on any atom is 0.317 e. The number of ether oxygens (including phenoxy) is 1. The number of benzene rings is 1. The number of piperazine rings is 1. The van der Waals surface area contributed by atoms with Crippen LogP contribution in [0.5, 0.6) is 0 Å². The predicted octanol–water partition coefficient (Wildman–Crippen LogP) is 1.04. The summed E-state index contributed by atoms with van der Waals surface area (Å²) in [4.78, 5) is 23.9. The molecule has 0 bridgehead atoms. The number of carbonyl (C=O) groups excluding carboxylic acids is 1. The van der Waals surface area contributed by atoms with Crippen LogP contribution in [0.15, 0.2) is 24.3 Å². The van der Waals surface area contributed by atoms with E-state index in [2.05, 4.69) is 20.2 Å². The van der Waals surface area contributed by atoms with E-state index in [4.69, 9.17) is 4.74 Å². The lowest BCUT2D eigenvalue weighted by Gasteiger charge is -2.34. The predicted molar refractivity (Wildman–Crippen MR) is 85.2 cm³/mol. The van der Waals surface area contributed by atoms with Gasteiger partial charge < -0.3 is 24.8 Å². The molecule has 7 nitrogen and oxygen atoms in total. The second-order valence-corrected chi connectivity index (χ2v) is 5.28. The number of rotatable bonds is 4. The molecule has 1 fully saturated rings. The molecule has 2 heterocycles. The lowest BCUT2D eigenvalue weighted by Crippen LogP contribution is -2.52. The molecule has 0 atom stereocenters. The number of anilines is 1. The van der Waals surface area contributed by atoms with Crippen molar-refractivity contribution in [1.82, 2.24) is 20.2 Å². The summed E-state index contributed by atoms with van der Waals surface area (Å²) in [5.41, 5.74) is 2.01. The molecule has 1 saturated heterocycles. The number of urea groups is 1. The monoisotopic (exact) mass is 303 g/mol. The first-order chi connectivity index (χ1) is 10.8. The highest BCUT2D eigenvalue weighted by Gasteiger charge is 2.22. The molecule has 1 aliphatic rings. The Labute approximate surface area is 129 Å². The summed E-state index contributed by atoms with van der Waals surface area (Å²) in [6.07, 6.45) is 0. The Hall–Kier alpha value is -2.28. The topological polar surface area (TPSA) is 73.5 Å². The Bertz CT molecular complexity index is 601. The third kappa shape index (κ3) is 3.14. The number of imidazole rings is 1. The van der Waals surface area contributed by atoms with Gasteiger partial charge in [-0.15, -0.1) is 0 Å². The summed E-state index contributed by atoms with van der Waals surface area (Å²) in [5, 5.41) is 2.85. The van der Waals surface area contributed by atoms with Crippen molar-refractivity contribution in [2.24, 2.45) is 0 Å². The Balaban J connectivity index is 1.56. The standard InChI is InChI=1S/C15H21N5O2/c1-22-11-6-16-15(21)20-9-7-19(8-10-20)14-17-12-4-2-3-5-13(12)18-14/h2-5H,6-11H2,1H3,(H,16,21)(H,17,18). The van der Waals surface area contributed by atoms with Crippen LogP contribution in [-0.2, 0) is 4.74 Å². The number of nitrogens with zero attached hydrogens (tertiary/aromatic N) is 3. The number of para-hydroxylation sites is 2. The fraction of sp³-hybridized carbons (Fsp3) is 0.467. The minimum atomic E-state index is -0.0266. The van der Waals surface area contributed by atoms with Crippen LogP contribution in [0.25, 0.3) is 11.0 Å². The van der Waals surface area contributed by atoms with E-state index in [0.717, 1.165) is 30.1 Å². The number of aromatic amines is 1. The maximum atomic E-state index is 12.0. The SMILES string of the molecule is COCCNC(=O)N1CCN(c2nc3ccccc3[nH]2)CC1. The highest BCUT2D eigenvalue weighted by Crippen LogP contribution is 2.18. The lowest BCUT2D eigenvalue weighted by molar-refractivity contribution is 0.177. The van der Waals surface area contributed by atoms with Gasteiger partial charge in [-0.25, -0.2) is 9.78 Å². The van der Waals surface area contributed by atoms with Gasteiger partial charge in [0.15, 0.2) is 0 Å². The second-order valence-electron chi connectivity index (χ2n) is 5.28. The molecule has 2 amide bonds. The second kappa shape index (κ2) is 6.65. The van der Waals surface area contributed by atoms with Crippen LogP contribution in [0.1, 0.15) is 0 Å². The van der Waals surface area contributed by atoms with Crippen LogP contribution >= 0.6 is 0 Å². The molecular weight excluding hydrogens is 282 g/mol. The fourth-order valence-corrected chi connectivity index (χ4v) is 2.58. The van der Waals surface area contributed by atoms with Crippen molar-refractivity contribution >= 4 is 23.0 Å². The van der Waals surface area contributed by atoms with E-state index in [1.165, 1.54) is 0 Å². The zero-order chi connectivity index (χ0) is 15.4. The molecule has 0 spiro atoms. The molecule has 3 rings (SSSR count). The minimum Gasteiger partial charge on any atom is -0.383 e. The average molecular weight is 303 g/mol. The highest BCUT2D eigenvalue weighted by atomic mass is 16.5. The summed E-state index contributed by atoms with van der Waals surface area (Å²) < 4.78 is 4.93. The van der Waals surface area contributed by atoms with Crippen molar-refractivity contribution < 1.29 is 9.53 Å². The molecule has 1 aliphatic heterocycles. The smallest absolute Gasteiger partial charge is 0.317 e. The highest BCUT2D eigenvalue weighted by molar-refractivity contribution is 5.77. The first kappa shape index (κ1) is 14.6. The van der Waals surface area contributed by atoms with Gasteiger partial charge in [0.2, 0.25) is 5.95 Å². The molecule has 7 heteroatoms. The number of methoxy groups -OCH3 is 1. The van der Waals surface area contributed by atoms with Gasteiger partial charge in [0.1, 0.15) is 0 Å². The van der Waals surface area contributed by atoms with Crippen LogP contribution < -0.4 is 10.2 Å². The number of H-pyrrole nitrogens is 1. The van der Waals surface area contributed by atoms with Crippen LogP contribution in [0.2, 0.25) is 0 Å². The van der Waals surface area contributed by atoms with Gasteiger partial charge in [0.25, 0.3) is 0 Å². The van der Waals surface area contributed by atoms with E-state index in [0.29, 0.717) is 26.2 Å². The Kier molecular flexibility index (Phi) is 4.43. The molecule has 0 unspecified atom stereocenters. The number of aromatic nitrogens is 2. The molecule has 0 radical (unpaired) electrons. The molecule has 2 N–H and O–H groups in total.